The van der Waals surface area contributed by atoms with Crippen LogP contribution in [0.2, 0.25) is 0 Å². The van der Waals surface area contributed by atoms with Crippen LogP contribution in [0.4, 0.5) is 23.7 Å². The zero-order valence-electron chi connectivity index (χ0n) is 23.6. The van der Waals surface area contributed by atoms with E-state index >= 15 is 0 Å². The van der Waals surface area contributed by atoms with Crippen LogP contribution in [0.25, 0.3) is 0 Å². The Morgan fingerprint density at radius 3 is 2.39 bits per heavy atom. The first kappa shape index (κ1) is 30.0. The van der Waals surface area contributed by atoms with Gasteiger partial charge in [0.2, 0.25) is 5.95 Å². The molecule has 218 valence electrons. The van der Waals surface area contributed by atoms with Crippen molar-refractivity contribution in [1.29, 1.82) is 0 Å². The molecule has 1 fully saturated rings. The fourth-order valence-electron chi connectivity index (χ4n) is 5.35. The number of nitrogens with zero attached hydrogens (tertiary/aromatic N) is 3. The summed E-state index contributed by atoms with van der Waals surface area (Å²) in [5.74, 6) is -2.85. The maximum Gasteiger partial charge on any atom is 0.322 e. The molecule has 10 heteroatoms. The maximum absolute atomic E-state index is 13.7. The second-order valence-electron chi connectivity index (χ2n) is 10.6. The zero-order valence-corrected chi connectivity index (χ0v) is 23.6. The van der Waals surface area contributed by atoms with Crippen LogP contribution >= 0.6 is 0 Å². The van der Waals surface area contributed by atoms with Crippen LogP contribution < -0.4 is 10.6 Å². The van der Waals surface area contributed by atoms with Gasteiger partial charge < -0.3 is 20.4 Å². The van der Waals surface area contributed by atoms with E-state index in [1.165, 1.54) is 12.1 Å². The Bertz CT molecular complexity index is 1340. The highest BCUT2D eigenvalue weighted by Crippen LogP contribution is 2.23. The van der Waals surface area contributed by atoms with Gasteiger partial charge in [-0.15, -0.1) is 0 Å². The molecule has 0 radical (unpaired) electrons. The predicted octanol–water partition coefficient (Wildman–Crippen LogP) is 5.82. The molecule has 7 nitrogen and oxygen atoms in total. The van der Waals surface area contributed by atoms with E-state index in [0.29, 0.717) is 29.9 Å². The maximum atomic E-state index is 13.7. The topological polar surface area (TPSA) is 77.6 Å². The van der Waals surface area contributed by atoms with Gasteiger partial charge in [-0.2, -0.15) is 4.39 Å². The summed E-state index contributed by atoms with van der Waals surface area (Å²) in [5.41, 5.74) is 2.49. The number of aryl methyl sites for hydroxylation is 2. The number of likely N-dealkylation sites (tertiary alicyclic amines) is 1. The van der Waals surface area contributed by atoms with Gasteiger partial charge in [0, 0.05) is 50.0 Å². The van der Waals surface area contributed by atoms with Crippen molar-refractivity contribution < 1.29 is 22.8 Å². The normalized spacial score (nSPS) is 14.9. The number of carbonyl (C=O) groups is 2. The monoisotopic (exact) mass is 567 g/mol. The van der Waals surface area contributed by atoms with E-state index in [0.717, 1.165) is 50.0 Å². The molecular formula is C31H36F3N5O2. The molecule has 1 aliphatic rings. The smallest absolute Gasteiger partial charge is 0.322 e. The molecule has 1 aromatic heterocycles. The van der Waals surface area contributed by atoms with E-state index in [1.54, 1.807) is 18.7 Å². The summed E-state index contributed by atoms with van der Waals surface area (Å²) < 4.78 is 40.6. The van der Waals surface area contributed by atoms with Crippen LogP contribution in [-0.2, 0) is 6.54 Å². The van der Waals surface area contributed by atoms with Crippen molar-refractivity contribution in [3.05, 3.63) is 94.6 Å². The van der Waals surface area contributed by atoms with Crippen molar-refractivity contribution in [2.24, 2.45) is 0 Å². The van der Waals surface area contributed by atoms with Crippen molar-refractivity contribution in [1.82, 2.24) is 20.1 Å². The number of benzene rings is 2. The van der Waals surface area contributed by atoms with Crippen molar-refractivity contribution in [2.45, 2.75) is 58.7 Å². The average Bonchev–Trinajstić information content (AvgIpc) is 2.94. The molecule has 2 aromatic carbocycles. The molecule has 0 unspecified atom stereocenters. The quantitative estimate of drug-likeness (QED) is 0.320. The van der Waals surface area contributed by atoms with E-state index in [2.05, 4.69) is 27.4 Å². The molecular weight excluding hydrogens is 531 g/mol. The molecule has 3 aromatic rings. The number of hydrogen-bond acceptors (Lipinski definition) is 4. The average molecular weight is 568 g/mol. The summed E-state index contributed by atoms with van der Waals surface area (Å²) in [6.45, 7) is 7.82. The number of carbonyl (C=O) groups excluding carboxylic acids is 2. The predicted molar refractivity (Wildman–Crippen MR) is 152 cm³/mol. The highest BCUT2D eigenvalue weighted by atomic mass is 19.2. The lowest BCUT2D eigenvalue weighted by Gasteiger charge is -2.40. The number of aromatic nitrogens is 1. The number of anilines is 1. The van der Waals surface area contributed by atoms with Crippen molar-refractivity contribution in [2.75, 3.05) is 25.0 Å². The van der Waals surface area contributed by atoms with Crippen LogP contribution in [0, 0.1) is 31.4 Å². The highest BCUT2D eigenvalue weighted by molar-refractivity contribution is 5.96. The van der Waals surface area contributed by atoms with E-state index in [9.17, 15) is 22.8 Å². The van der Waals surface area contributed by atoms with Gasteiger partial charge in [0.25, 0.3) is 5.91 Å². The van der Waals surface area contributed by atoms with Gasteiger partial charge >= 0.3 is 6.03 Å². The van der Waals surface area contributed by atoms with Gasteiger partial charge in [-0.05, 0) is 69.4 Å². The lowest BCUT2D eigenvalue weighted by Crippen LogP contribution is -2.50. The number of piperidine rings is 1. The van der Waals surface area contributed by atoms with E-state index in [4.69, 9.17) is 0 Å². The molecule has 1 atom stereocenters. The molecule has 0 bridgehead atoms. The Labute approximate surface area is 238 Å². The van der Waals surface area contributed by atoms with Crippen molar-refractivity contribution in [3.63, 3.8) is 0 Å². The van der Waals surface area contributed by atoms with Crippen molar-refractivity contribution >= 4 is 17.6 Å². The minimum atomic E-state index is -1.02. The molecule has 2 N–H and O–H groups in total. The first-order chi connectivity index (χ1) is 19.6. The van der Waals surface area contributed by atoms with Crippen LogP contribution in [0.1, 0.15) is 53.4 Å². The third-order valence-corrected chi connectivity index (χ3v) is 7.63. The molecule has 0 saturated carbocycles. The summed E-state index contributed by atoms with van der Waals surface area (Å²) in [7, 11) is 0. The standard InChI is InChI=1S/C31H36F3N5O2/c1-20-17-28(34)36-22(3)29(20)30(40)35-14-11-21(2)38-15-12-25(13-16-38)39(19-23-7-5-4-6-8-23)31(41)37-24-9-10-26(32)27(33)18-24/h4-10,17-18,21,25H,11-16,19H2,1-3H3,(H,35,40)(H,37,41)/t21-/m1/s1. The molecule has 3 amide bonds. The summed E-state index contributed by atoms with van der Waals surface area (Å²) in [6, 6.07) is 14.0. The van der Waals surface area contributed by atoms with Gasteiger partial charge in [-0.1, -0.05) is 30.3 Å². The summed E-state index contributed by atoms with van der Waals surface area (Å²) in [6.07, 6.45) is 2.22. The van der Waals surface area contributed by atoms with Gasteiger partial charge in [0.15, 0.2) is 11.6 Å². The van der Waals surface area contributed by atoms with Crippen LogP contribution in [0.15, 0.2) is 54.6 Å². The summed E-state index contributed by atoms with van der Waals surface area (Å²) >= 11 is 0. The number of urea groups is 1. The van der Waals surface area contributed by atoms with Gasteiger partial charge in [0.05, 0.1) is 11.3 Å². The number of hydrogen-bond donors (Lipinski definition) is 2. The Hall–Kier alpha value is -3.92. The van der Waals surface area contributed by atoms with E-state index < -0.39 is 17.6 Å². The Morgan fingerprint density at radius 2 is 1.73 bits per heavy atom. The second-order valence-corrected chi connectivity index (χ2v) is 10.6. The molecule has 2 heterocycles. The van der Waals surface area contributed by atoms with Crippen LogP contribution in [0.3, 0.4) is 0 Å². The number of halogens is 3. The van der Waals surface area contributed by atoms with Crippen LogP contribution in [-0.4, -0.2) is 58.4 Å². The van der Waals surface area contributed by atoms with Gasteiger partial charge in [0.1, 0.15) is 0 Å². The third kappa shape index (κ3) is 7.85. The zero-order chi connectivity index (χ0) is 29.5. The SMILES string of the molecule is Cc1cc(F)nc(C)c1C(=O)NCC[C@@H](C)N1CCC(N(Cc2ccccc2)C(=O)Nc2ccc(F)c(F)c2)CC1. The molecule has 4 rings (SSSR count). The van der Waals surface area contributed by atoms with E-state index in [-0.39, 0.29) is 29.7 Å². The first-order valence-electron chi connectivity index (χ1n) is 13.8. The van der Waals surface area contributed by atoms with Crippen LogP contribution in [0.5, 0.6) is 0 Å². The molecule has 0 spiro atoms. The number of amides is 3. The lowest BCUT2D eigenvalue weighted by atomic mass is 10.00. The lowest BCUT2D eigenvalue weighted by molar-refractivity contribution is 0.0918. The molecule has 1 saturated heterocycles. The minimum Gasteiger partial charge on any atom is -0.352 e. The highest BCUT2D eigenvalue weighted by Gasteiger charge is 2.30. The molecule has 1 aliphatic heterocycles. The minimum absolute atomic E-state index is 0.0411. The molecule has 41 heavy (non-hydrogen) atoms. The largest absolute Gasteiger partial charge is 0.352 e. The number of nitrogens with one attached hydrogen (secondary N) is 2. The van der Waals surface area contributed by atoms with E-state index in [1.807, 2.05) is 30.3 Å². The van der Waals surface area contributed by atoms with Gasteiger partial charge in [-0.25, -0.2) is 18.6 Å². The fourth-order valence-corrected chi connectivity index (χ4v) is 5.35. The fraction of sp³-hybridized carbons (Fsp3) is 0.387. The van der Waals surface area contributed by atoms with Crippen molar-refractivity contribution in [3.8, 4) is 0 Å². The second kappa shape index (κ2) is 13.6. The van der Waals surface area contributed by atoms with Gasteiger partial charge in [-0.3, -0.25) is 4.79 Å². The Morgan fingerprint density at radius 1 is 1.02 bits per heavy atom. The third-order valence-electron chi connectivity index (χ3n) is 7.63. The number of rotatable bonds is 9. The first-order valence-corrected chi connectivity index (χ1v) is 13.8. The molecule has 0 aliphatic carbocycles. The number of pyridine rings is 1. The Kier molecular flexibility index (Phi) is 9.99. The Balaban J connectivity index is 1.33. The summed E-state index contributed by atoms with van der Waals surface area (Å²) in [4.78, 5) is 33.9. The summed E-state index contributed by atoms with van der Waals surface area (Å²) in [5, 5.41) is 5.66.